The van der Waals surface area contributed by atoms with E-state index in [0.29, 0.717) is 16.8 Å². The maximum Gasteiger partial charge on any atom is 0.271 e. The first-order valence-corrected chi connectivity index (χ1v) is 11.1. The third kappa shape index (κ3) is 3.87. The van der Waals surface area contributed by atoms with Crippen molar-refractivity contribution in [3.63, 3.8) is 0 Å². The van der Waals surface area contributed by atoms with E-state index in [1.165, 1.54) is 34.8 Å². The van der Waals surface area contributed by atoms with E-state index in [-0.39, 0.29) is 11.4 Å². The summed E-state index contributed by atoms with van der Waals surface area (Å²) in [4.78, 5) is 23.1. The minimum Gasteiger partial charge on any atom is -0.497 e. The first-order valence-electron chi connectivity index (χ1n) is 9.44. The van der Waals surface area contributed by atoms with Crippen LogP contribution in [0.3, 0.4) is 0 Å². The Bertz CT molecular complexity index is 1420. The number of methoxy groups -OCH3 is 1. The molecule has 0 aliphatic heterocycles. The van der Waals surface area contributed by atoms with Crippen LogP contribution < -0.4 is 10.3 Å². The van der Waals surface area contributed by atoms with Gasteiger partial charge in [-0.15, -0.1) is 22.7 Å². The minimum atomic E-state index is -0.281. The quantitative estimate of drug-likeness (QED) is 0.358. The van der Waals surface area contributed by atoms with E-state index in [1.54, 1.807) is 30.1 Å². The van der Waals surface area contributed by atoms with Crippen molar-refractivity contribution in [2.75, 3.05) is 7.11 Å². The van der Waals surface area contributed by atoms with Crippen LogP contribution in [0.25, 0.3) is 31.2 Å². The van der Waals surface area contributed by atoms with Gasteiger partial charge in [0.2, 0.25) is 0 Å². The lowest BCUT2D eigenvalue weighted by atomic mass is 10.2. The second-order valence-electron chi connectivity index (χ2n) is 6.88. The number of hydrogen-bond donors (Lipinski definition) is 0. The molecule has 0 amide bonds. The average Bonchev–Trinajstić information content (AvgIpc) is 3.44. The van der Waals surface area contributed by atoms with Crippen LogP contribution in [-0.4, -0.2) is 21.6 Å². The van der Waals surface area contributed by atoms with Crippen molar-refractivity contribution in [2.24, 2.45) is 0 Å². The van der Waals surface area contributed by atoms with Crippen LogP contribution in [0.15, 0.2) is 71.1 Å². The van der Waals surface area contributed by atoms with Crippen molar-refractivity contribution in [1.82, 2.24) is 14.5 Å². The Morgan fingerprint density at radius 2 is 1.81 bits per heavy atom. The molecule has 5 rings (SSSR count). The number of thiazole rings is 1. The Hall–Kier alpha value is -3.36. The average molecular weight is 450 g/mol. The molecule has 3 heterocycles. The zero-order valence-electron chi connectivity index (χ0n) is 16.4. The summed E-state index contributed by atoms with van der Waals surface area (Å²) < 4.78 is 20.5. The molecule has 0 saturated heterocycles. The molecule has 0 saturated carbocycles. The highest BCUT2D eigenvalue weighted by Gasteiger charge is 2.12. The van der Waals surface area contributed by atoms with E-state index in [0.717, 1.165) is 32.5 Å². The summed E-state index contributed by atoms with van der Waals surface area (Å²) in [5.41, 5.74) is 3.21. The lowest BCUT2D eigenvalue weighted by Gasteiger charge is -2.02. The van der Waals surface area contributed by atoms with E-state index in [2.05, 4.69) is 9.97 Å². The van der Waals surface area contributed by atoms with Gasteiger partial charge in [-0.25, -0.2) is 14.4 Å². The Labute approximate surface area is 185 Å². The number of nitrogens with zero attached hydrogens (tertiary/aromatic N) is 3. The molecule has 2 aromatic carbocycles. The van der Waals surface area contributed by atoms with Crippen LogP contribution in [0.1, 0.15) is 5.69 Å². The largest absolute Gasteiger partial charge is 0.497 e. The fourth-order valence-corrected chi connectivity index (χ4v) is 5.12. The highest BCUT2D eigenvalue weighted by Crippen LogP contribution is 2.32. The molecule has 0 atom stereocenters. The van der Waals surface area contributed by atoms with Crippen molar-refractivity contribution >= 4 is 32.9 Å². The number of rotatable bonds is 5. The molecule has 0 bridgehead atoms. The van der Waals surface area contributed by atoms with Crippen LogP contribution >= 0.6 is 22.7 Å². The van der Waals surface area contributed by atoms with Crippen molar-refractivity contribution in [2.45, 2.75) is 6.54 Å². The number of benzene rings is 2. The number of aromatic nitrogens is 3. The molecule has 0 aliphatic carbocycles. The Morgan fingerprint density at radius 3 is 2.55 bits per heavy atom. The van der Waals surface area contributed by atoms with Gasteiger partial charge in [0, 0.05) is 15.8 Å². The maximum absolute atomic E-state index is 13.1. The fourth-order valence-electron chi connectivity index (χ4n) is 3.23. The van der Waals surface area contributed by atoms with E-state index in [1.807, 2.05) is 35.7 Å². The zero-order chi connectivity index (χ0) is 21.4. The minimum absolute atomic E-state index is 0.0916. The van der Waals surface area contributed by atoms with Gasteiger partial charge in [0.05, 0.1) is 31.2 Å². The van der Waals surface area contributed by atoms with E-state index in [4.69, 9.17) is 4.74 Å². The van der Waals surface area contributed by atoms with Gasteiger partial charge in [-0.3, -0.25) is 9.36 Å². The van der Waals surface area contributed by atoms with Crippen LogP contribution in [0, 0.1) is 5.82 Å². The molecular formula is C23H16FN3O2S2. The number of halogens is 1. The molecule has 154 valence electrons. The SMILES string of the molecule is COc1ccc(-c2cc3ncn(Cc4csc(-c5ccc(F)cc5)n4)c(=O)c3s2)cc1. The summed E-state index contributed by atoms with van der Waals surface area (Å²) in [6, 6.07) is 15.9. The molecule has 0 fully saturated rings. The Balaban J connectivity index is 1.43. The van der Waals surface area contributed by atoms with Crippen LogP contribution in [0.5, 0.6) is 5.75 Å². The molecule has 0 spiro atoms. The van der Waals surface area contributed by atoms with Crippen molar-refractivity contribution in [3.05, 3.63) is 88.2 Å². The molecule has 0 aliphatic rings. The molecule has 0 unspecified atom stereocenters. The van der Waals surface area contributed by atoms with Crippen LogP contribution in [-0.2, 0) is 6.54 Å². The van der Waals surface area contributed by atoms with Crippen LogP contribution in [0.4, 0.5) is 4.39 Å². The second-order valence-corrected chi connectivity index (χ2v) is 8.79. The summed E-state index contributed by atoms with van der Waals surface area (Å²) in [5.74, 6) is 0.505. The van der Waals surface area contributed by atoms with Crippen molar-refractivity contribution in [1.29, 1.82) is 0 Å². The van der Waals surface area contributed by atoms with Gasteiger partial charge in [0.25, 0.3) is 5.56 Å². The summed E-state index contributed by atoms with van der Waals surface area (Å²) in [5, 5.41) is 2.70. The number of hydrogen-bond acceptors (Lipinski definition) is 6. The smallest absolute Gasteiger partial charge is 0.271 e. The van der Waals surface area contributed by atoms with E-state index >= 15 is 0 Å². The summed E-state index contributed by atoms with van der Waals surface area (Å²) in [7, 11) is 1.63. The van der Waals surface area contributed by atoms with Gasteiger partial charge in [-0.05, 0) is 60.2 Å². The Morgan fingerprint density at radius 1 is 1.06 bits per heavy atom. The molecule has 5 nitrogen and oxygen atoms in total. The van der Waals surface area contributed by atoms with Gasteiger partial charge < -0.3 is 4.74 Å². The van der Waals surface area contributed by atoms with Crippen molar-refractivity contribution in [3.8, 4) is 26.8 Å². The highest BCUT2D eigenvalue weighted by molar-refractivity contribution is 7.22. The van der Waals surface area contributed by atoms with Crippen molar-refractivity contribution < 1.29 is 9.13 Å². The third-order valence-electron chi connectivity index (χ3n) is 4.85. The molecule has 8 heteroatoms. The number of fused-ring (bicyclic) bond motifs is 1. The summed E-state index contributed by atoms with van der Waals surface area (Å²) in [6.07, 6.45) is 1.56. The summed E-state index contributed by atoms with van der Waals surface area (Å²) >= 11 is 2.89. The van der Waals surface area contributed by atoms with Crippen LogP contribution in [0.2, 0.25) is 0 Å². The number of thiophene rings is 1. The van der Waals surface area contributed by atoms with Gasteiger partial charge in [0.15, 0.2) is 0 Å². The van der Waals surface area contributed by atoms with Gasteiger partial charge >= 0.3 is 0 Å². The van der Waals surface area contributed by atoms with Gasteiger partial charge in [0.1, 0.15) is 21.3 Å². The van der Waals surface area contributed by atoms with Gasteiger partial charge in [-0.2, -0.15) is 0 Å². The zero-order valence-corrected chi connectivity index (χ0v) is 18.0. The molecule has 31 heavy (non-hydrogen) atoms. The molecule has 0 N–H and O–H groups in total. The highest BCUT2D eigenvalue weighted by atomic mass is 32.1. The fraction of sp³-hybridized carbons (Fsp3) is 0.0870. The second kappa shape index (κ2) is 8.05. The lowest BCUT2D eigenvalue weighted by molar-refractivity contribution is 0.415. The lowest BCUT2D eigenvalue weighted by Crippen LogP contribution is -2.20. The third-order valence-corrected chi connectivity index (χ3v) is 6.96. The normalized spacial score (nSPS) is 11.2. The van der Waals surface area contributed by atoms with E-state index < -0.39 is 0 Å². The molecular weight excluding hydrogens is 433 g/mol. The number of ether oxygens (including phenoxy) is 1. The first-order chi connectivity index (χ1) is 15.1. The molecule has 5 aromatic rings. The van der Waals surface area contributed by atoms with E-state index in [9.17, 15) is 9.18 Å². The standard InChI is InChI=1S/C23H16FN3O2S2/c1-29-18-8-4-14(5-9-18)20-10-19-21(31-20)23(28)27(13-25-19)11-17-12-30-22(26-17)15-2-6-16(24)7-3-15/h2-10,12-13H,11H2,1H3. The predicted octanol–water partition coefficient (Wildman–Crippen LogP) is 5.44. The first kappa shape index (κ1) is 19.6. The summed E-state index contributed by atoms with van der Waals surface area (Å²) in [6.45, 7) is 0.329. The monoisotopic (exact) mass is 449 g/mol. The van der Waals surface area contributed by atoms with Gasteiger partial charge in [-0.1, -0.05) is 0 Å². The molecule has 0 radical (unpaired) electrons. The topological polar surface area (TPSA) is 57.0 Å². The predicted molar refractivity (Wildman–Crippen MR) is 122 cm³/mol. The maximum atomic E-state index is 13.1. The molecule has 3 aromatic heterocycles. The Kier molecular flexibility index (Phi) is 5.09.